The Bertz CT molecular complexity index is 1020. The summed E-state index contributed by atoms with van der Waals surface area (Å²) in [6.07, 6.45) is 1.68. The van der Waals surface area contributed by atoms with E-state index in [9.17, 15) is 22.8 Å². The van der Waals surface area contributed by atoms with E-state index in [0.29, 0.717) is 11.5 Å². The van der Waals surface area contributed by atoms with Gasteiger partial charge in [-0.1, -0.05) is 19.1 Å². The fraction of sp³-hybridized carbons (Fsp3) is 0.318. The van der Waals surface area contributed by atoms with Crippen molar-refractivity contribution in [2.75, 3.05) is 6.26 Å². The average Bonchev–Trinajstić information content (AvgIpc) is 2.67. The van der Waals surface area contributed by atoms with Crippen LogP contribution in [0, 0.1) is 5.92 Å². The van der Waals surface area contributed by atoms with Crippen molar-refractivity contribution in [1.82, 2.24) is 0 Å². The second-order valence-electron chi connectivity index (χ2n) is 7.21. The Labute approximate surface area is 169 Å². The lowest BCUT2D eigenvalue weighted by molar-refractivity contribution is -0.142. The molecule has 29 heavy (non-hydrogen) atoms. The average molecular weight is 414 g/mol. The standard InChI is InChI=1S/C22H22O6S/c1-3-19(23)22-20(24)12-15(13-21(22)25)14-4-6-16(7-5-14)28-17-8-10-18(11-9-17)29(2,26)27/h4-11,15,22H,3,12-13H2,1-2H3. The van der Waals surface area contributed by atoms with Crippen LogP contribution in [0.1, 0.15) is 37.7 Å². The lowest BCUT2D eigenvalue weighted by Crippen LogP contribution is -2.37. The van der Waals surface area contributed by atoms with Crippen LogP contribution in [0.2, 0.25) is 0 Å². The zero-order valence-corrected chi connectivity index (χ0v) is 17.1. The van der Waals surface area contributed by atoms with Crippen molar-refractivity contribution in [3.63, 3.8) is 0 Å². The highest BCUT2D eigenvalue weighted by Crippen LogP contribution is 2.34. The van der Waals surface area contributed by atoms with Crippen molar-refractivity contribution in [3.8, 4) is 11.5 Å². The summed E-state index contributed by atoms with van der Waals surface area (Å²) in [6, 6.07) is 13.2. The Morgan fingerprint density at radius 3 is 1.86 bits per heavy atom. The predicted molar refractivity (Wildman–Crippen MR) is 107 cm³/mol. The molecule has 0 unspecified atom stereocenters. The molecule has 0 N–H and O–H groups in total. The first kappa shape index (κ1) is 20.9. The van der Waals surface area contributed by atoms with E-state index in [2.05, 4.69) is 0 Å². The van der Waals surface area contributed by atoms with Gasteiger partial charge in [-0.2, -0.15) is 0 Å². The summed E-state index contributed by atoms with van der Waals surface area (Å²) < 4.78 is 28.7. The first-order chi connectivity index (χ1) is 13.7. The van der Waals surface area contributed by atoms with Crippen LogP contribution in [0.15, 0.2) is 53.4 Å². The van der Waals surface area contributed by atoms with Crippen LogP contribution < -0.4 is 4.74 Å². The Hall–Kier alpha value is -2.80. The largest absolute Gasteiger partial charge is 0.457 e. The number of sulfone groups is 1. The number of carbonyl (C=O) groups excluding carboxylic acids is 3. The summed E-state index contributed by atoms with van der Waals surface area (Å²) in [6.45, 7) is 1.66. The van der Waals surface area contributed by atoms with E-state index in [0.717, 1.165) is 11.8 Å². The van der Waals surface area contributed by atoms with Gasteiger partial charge in [0.1, 0.15) is 17.4 Å². The lowest BCUT2D eigenvalue weighted by atomic mass is 9.75. The molecule has 0 radical (unpaired) electrons. The van der Waals surface area contributed by atoms with E-state index in [-0.39, 0.29) is 47.4 Å². The molecule has 3 rings (SSSR count). The number of Topliss-reactive ketones (excluding diaryl/α,β-unsaturated/α-hetero) is 3. The second kappa shape index (κ2) is 8.29. The lowest BCUT2D eigenvalue weighted by Gasteiger charge is -2.25. The summed E-state index contributed by atoms with van der Waals surface area (Å²) in [7, 11) is -3.26. The molecule has 1 fully saturated rings. The Morgan fingerprint density at radius 1 is 0.931 bits per heavy atom. The molecule has 2 aromatic rings. The summed E-state index contributed by atoms with van der Waals surface area (Å²) in [4.78, 5) is 36.6. The van der Waals surface area contributed by atoms with Crippen molar-refractivity contribution >= 4 is 27.2 Å². The van der Waals surface area contributed by atoms with E-state index in [1.54, 1.807) is 43.3 Å². The molecular formula is C22H22O6S. The molecule has 1 aliphatic carbocycles. The molecule has 0 aromatic heterocycles. The third kappa shape index (κ3) is 4.79. The van der Waals surface area contributed by atoms with Gasteiger partial charge in [-0.15, -0.1) is 0 Å². The van der Waals surface area contributed by atoms with Crippen LogP contribution >= 0.6 is 0 Å². The normalized spacial score (nSPS) is 19.8. The number of rotatable bonds is 6. The molecular weight excluding hydrogens is 392 g/mol. The number of hydrogen-bond acceptors (Lipinski definition) is 6. The fourth-order valence-corrected chi connectivity index (χ4v) is 4.10. The zero-order valence-electron chi connectivity index (χ0n) is 16.3. The molecule has 0 aliphatic heterocycles. The predicted octanol–water partition coefficient (Wildman–Crippen LogP) is 3.49. The van der Waals surface area contributed by atoms with Gasteiger partial charge in [0.25, 0.3) is 0 Å². The monoisotopic (exact) mass is 414 g/mol. The molecule has 6 nitrogen and oxygen atoms in total. The molecule has 0 atom stereocenters. The fourth-order valence-electron chi connectivity index (χ4n) is 3.47. The first-order valence-electron chi connectivity index (χ1n) is 9.35. The van der Waals surface area contributed by atoms with Crippen LogP contribution in [0.3, 0.4) is 0 Å². The maximum Gasteiger partial charge on any atom is 0.175 e. The molecule has 0 bridgehead atoms. The van der Waals surface area contributed by atoms with Gasteiger partial charge >= 0.3 is 0 Å². The summed E-state index contributed by atoms with van der Waals surface area (Å²) in [5.41, 5.74) is 0.842. The van der Waals surface area contributed by atoms with Crippen LogP contribution in [0.4, 0.5) is 0 Å². The Kier molecular flexibility index (Phi) is 5.98. The summed E-state index contributed by atoms with van der Waals surface area (Å²) in [5.74, 6) is -1.19. The Morgan fingerprint density at radius 2 is 1.41 bits per heavy atom. The van der Waals surface area contributed by atoms with E-state index in [4.69, 9.17) is 4.74 Å². The molecule has 7 heteroatoms. The first-order valence-corrected chi connectivity index (χ1v) is 11.2. The van der Waals surface area contributed by atoms with Gasteiger partial charge in [0.2, 0.25) is 0 Å². The molecule has 0 spiro atoms. The van der Waals surface area contributed by atoms with Crippen LogP contribution in [0.25, 0.3) is 0 Å². The smallest absolute Gasteiger partial charge is 0.175 e. The maximum atomic E-state index is 12.3. The third-order valence-electron chi connectivity index (χ3n) is 5.05. The SMILES string of the molecule is CCC(=O)C1C(=O)CC(c2ccc(Oc3ccc(S(C)(=O)=O)cc3)cc2)CC1=O. The van der Waals surface area contributed by atoms with E-state index < -0.39 is 15.8 Å². The minimum Gasteiger partial charge on any atom is -0.457 e. The molecule has 1 saturated carbocycles. The summed E-state index contributed by atoms with van der Waals surface area (Å²) in [5, 5.41) is 0. The molecule has 2 aromatic carbocycles. The van der Waals surface area contributed by atoms with Crippen molar-refractivity contribution in [2.24, 2.45) is 5.92 Å². The zero-order chi connectivity index (χ0) is 21.2. The molecule has 152 valence electrons. The van der Waals surface area contributed by atoms with Gasteiger partial charge in [0, 0.05) is 25.5 Å². The van der Waals surface area contributed by atoms with Gasteiger partial charge in [0.15, 0.2) is 27.2 Å². The number of ether oxygens (including phenoxy) is 1. The van der Waals surface area contributed by atoms with Crippen LogP contribution in [-0.2, 0) is 24.2 Å². The van der Waals surface area contributed by atoms with E-state index in [1.807, 2.05) is 0 Å². The quantitative estimate of drug-likeness (QED) is 0.672. The van der Waals surface area contributed by atoms with Crippen molar-refractivity contribution in [3.05, 3.63) is 54.1 Å². The number of ketones is 3. The minimum atomic E-state index is -3.26. The molecule has 0 saturated heterocycles. The molecule has 0 heterocycles. The van der Waals surface area contributed by atoms with Gasteiger partial charge in [-0.05, 0) is 47.9 Å². The Balaban J connectivity index is 1.68. The van der Waals surface area contributed by atoms with Crippen molar-refractivity contribution in [1.29, 1.82) is 0 Å². The summed E-state index contributed by atoms with van der Waals surface area (Å²) >= 11 is 0. The second-order valence-corrected chi connectivity index (χ2v) is 9.22. The van der Waals surface area contributed by atoms with Crippen LogP contribution in [0.5, 0.6) is 11.5 Å². The van der Waals surface area contributed by atoms with Gasteiger partial charge in [-0.3, -0.25) is 14.4 Å². The number of hydrogen-bond donors (Lipinski definition) is 0. The molecule has 1 aliphatic rings. The van der Waals surface area contributed by atoms with Crippen molar-refractivity contribution in [2.45, 2.75) is 37.0 Å². The van der Waals surface area contributed by atoms with E-state index >= 15 is 0 Å². The minimum absolute atomic E-state index is 0.176. The van der Waals surface area contributed by atoms with E-state index in [1.165, 1.54) is 12.1 Å². The molecule has 0 amide bonds. The number of carbonyl (C=O) groups is 3. The highest BCUT2D eigenvalue weighted by Gasteiger charge is 2.39. The highest BCUT2D eigenvalue weighted by molar-refractivity contribution is 7.90. The van der Waals surface area contributed by atoms with Gasteiger partial charge in [-0.25, -0.2) is 8.42 Å². The highest BCUT2D eigenvalue weighted by atomic mass is 32.2. The van der Waals surface area contributed by atoms with Crippen molar-refractivity contribution < 1.29 is 27.5 Å². The van der Waals surface area contributed by atoms with Gasteiger partial charge in [0.05, 0.1) is 4.90 Å². The topological polar surface area (TPSA) is 94.6 Å². The number of benzene rings is 2. The maximum absolute atomic E-state index is 12.3. The third-order valence-corrected chi connectivity index (χ3v) is 6.18. The van der Waals surface area contributed by atoms with Gasteiger partial charge < -0.3 is 4.74 Å². The van der Waals surface area contributed by atoms with Crippen LogP contribution in [-0.4, -0.2) is 32.0 Å².